The van der Waals surface area contributed by atoms with E-state index < -0.39 is 0 Å². The molecule has 0 radical (unpaired) electrons. The number of hydrogen-bond acceptors (Lipinski definition) is 5. The summed E-state index contributed by atoms with van der Waals surface area (Å²) in [6.45, 7) is 1.34. The van der Waals surface area contributed by atoms with E-state index in [1.165, 1.54) is 6.07 Å². The summed E-state index contributed by atoms with van der Waals surface area (Å²) in [7, 11) is 1.56. The Balaban J connectivity index is 1.37. The molecule has 0 spiro atoms. The average molecular weight is 448 g/mol. The van der Waals surface area contributed by atoms with Crippen LogP contribution in [0.15, 0.2) is 60.9 Å². The van der Waals surface area contributed by atoms with Gasteiger partial charge in [0, 0.05) is 43.5 Å². The lowest BCUT2D eigenvalue weighted by molar-refractivity contribution is -0.139. The van der Waals surface area contributed by atoms with E-state index in [4.69, 9.17) is 4.74 Å². The SMILES string of the molecule is CNC(=O)c1ccc(-c2ccc(C3CN(C(=O)CCc4ccccc4F)CCO3)nc2)cn1. The quantitative estimate of drug-likeness (QED) is 0.626. The Bertz CT molecular complexity index is 1120. The number of aryl methyl sites for hydroxylation is 1. The summed E-state index contributed by atoms with van der Waals surface area (Å²) in [5.41, 5.74) is 3.34. The lowest BCUT2D eigenvalue weighted by Gasteiger charge is -2.32. The van der Waals surface area contributed by atoms with Crippen molar-refractivity contribution < 1.29 is 18.7 Å². The summed E-state index contributed by atoms with van der Waals surface area (Å²) in [5, 5.41) is 2.54. The van der Waals surface area contributed by atoms with Crippen LogP contribution in [-0.2, 0) is 16.0 Å². The van der Waals surface area contributed by atoms with Gasteiger partial charge in [0.15, 0.2) is 0 Å². The first kappa shape index (κ1) is 22.5. The maximum Gasteiger partial charge on any atom is 0.269 e. The van der Waals surface area contributed by atoms with E-state index in [1.54, 1.807) is 48.6 Å². The number of amides is 2. The van der Waals surface area contributed by atoms with E-state index >= 15 is 0 Å². The minimum Gasteiger partial charge on any atom is -0.368 e. The van der Waals surface area contributed by atoms with E-state index in [2.05, 4.69) is 15.3 Å². The molecule has 1 fully saturated rings. The maximum absolute atomic E-state index is 13.8. The van der Waals surface area contributed by atoms with Gasteiger partial charge in [0.2, 0.25) is 5.91 Å². The molecule has 1 aliphatic rings. The van der Waals surface area contributed by atoms with E-state index in [0.717, 1.165) is 16.8 Å². The van der Waals surface area contributed by atoms with Gasteiger partial charge in [-0.15, -0.1) is 0 Å². The zero-order valence-corrected chi connectivity index (χ0v) is 18.3. The van der Waals surface area contributed by atoms with E-state index in [1.807, 2.05) is 18.2 Å². The largest absolute Gasteiger partial charge is 0.368 e. The molecular weight excluding hydrogens is 423 g/mol. The Morgan fingerprint density at radius 3 is 2.52 bits per heavy atom. The molecule has 170 valence electrons. The molecule has 33 heavy (non-hydrogen) atoms. The first-order valence-corrected chi connectivity index (χ1v) is 10.8. The summed E-state index contributed by atoms with van der Waals surface area (Å²) in [6, 6.07) is 13.8. The van der Waals surface area contributed by atoms with Crippen LogP contribution in [0, 0.1) is 5.82 Å². The van der Waals surface area contributed by atoms with Gasteiger partial charge in [-0.25, -0.2) is 4.39 Å². The maximum atomic E-state index is 13.8. The Kier molecular flexibility index (Phi) is 7.04. The second-order valence-corrected chi connectivity index (χ2v) is 7.77. The van der Waals surface area contributed by atoms with Crippen molar-refractivity contribution in [3.8, 4) is 11.1 Å². The van der Waals surface area contributed by atoms with Crippen LogP contribution in [-0.4, -0.2) is 53.4 Å². The summed E-state index contributed by atoms with van der Waals surface area (Å²) >= 11 is 0. The van der Waals surface area contributed by atoms with Gasteiger partial charge in [-0.3, -0.25) is 19.6 Å². The van der Waals surface area contributed by atoms with Crippen molar-refractivity contribution >= 4 is 11.8 Å². The molecule has 0 bridgehead atoms. The Labute approximate surface area is 191 Å². The number of nitrogens with one attached hydrogen (secondary N) is 1. The summed E-state index contributed by atoms with van der Waals surface area (Å²) in [5.74, 6) is -0.546. The third-order valence-corrected chi connectivity index (χ3v) is 5.66. The molecule has 4 rings (SSSR count). The number of pyridine rings is 2. The highest BCUT2D eigenvalue weighted by Gasteiger charge is 2.26. The van der Waals surface area contributed by atoms with Crippen LogP contribution < -0.4 is 5.32 Å². The predicted molar refractivity (Wildman–Crippen MR) is 121 cm³/mol. The number of nitrogens with zero attached hydrogens (tertiary/aromatic N) is 3. The molecule has 3 aromatic rings. The number of benzene rings is 1. The fraction of sp³-hybridized carbons (Fsp3) is 0.280. The van der Waals surface area contributed by atoms with Crippen molar-refractivity contribution in [1.29, 1.82) is 0 Å². The summed E-state index contributed by atoms with van der Waals surface area (Å²) in [6.07, 6.45) is 3.66. The number of aromatic nitrogens is 2. The van der Waals surface area contributed by atoms with Gasteiger partial charge >= 0.3 is 0 Å². The van der Waals surface area contributed by atoms with Gasteiger partial charge < -0.3 is 15.0 Å². The number of hydrogen-bond donors (Lipinski definition) is 1. The first-order chi connectivity index (χ1) is 16.0. The number of carbonyl (C=O) groups excluding carboxylic acids is 2. The van der Waals surface area contributed by atoms with Gasteiger partial charge in [0.05, 0.1) is 18.8 Å². The van der Waals surface area contributed by atoms with Crippen LogP contribution in [0.25, 0.3) is 11.1 Å². The Morgan fingerprint density at radius 2 is 1.85 bits per heavy atom. The van der Waals surface area contributed by atoms with Crippen molar-refractivity contribution in [1.82, 2.24) is 20.2 Å². The number of rotatable bonds is 6. The monoisotopic (exact) mass is 448 g/mol. The fourth-order valence-electron chi connectivity index (χ4n) is 3.75. The van der Waals surface area contributed by atoms with Crippen molar-refractivity contribution in [3.63, 3.8) is 0 Å². The van der Waals surface area contributed by atoms with Crippen LogP contribution in [0.5, 0.6) is 0 Å². The zero-order chi connectivity index (χ0) is 23.2. The molecule has 2 aromatic heterocycles. The molecule has 1 unspecified atom stereocenters. The third-order valence-electron chi connectivity index (χ3n) is 5.66. The van der Waals surface area contributed by atoms with Crippen LogP contribution in [0.1, 0.15) is 34.3 Å². The highest BCUT2D eigenvalue weighted by Crippen LogP contribution is 2.24. The number of halogens is 1. The Hall–Kier alpha value is -3.65. The molecule has 1 aromatic carbocycles. The molecule has 1 atom stereocenters. The van der Waals surface area contributed by atoms with Crippen molar-refractivity contribution in [2.75, 3.05) is 26.7 Å². The van der Waals surface area contributed by atoms with Gasteiger partial charge in [0.25, 0.3) is 5.91 Å². The molecule has 0 saturated carbocycles. The van der Waals surface area contributed by atoms with Crippen LogP contribution in [0.4, 0.5) is 4.39 Å². The smallest absolute Gasteiger partial charge is 0.269 e. The first-order valence-electron chi connectivity index (χ1n) is 10.8. The standard InChI is InChI=1S/C25H25FN4O3/c1-27-25(32)22-10-7-19(15-29-22)18-6-9-21(28-14-18)23-16-30(12-13-33-23)24(31)11-8-17-4-2-3-5-20(17)26/h2-7,9-10,14-15,23H,8,11-13,16H2,1H3,(H,27,32). The minimum absolute atomic E-state index is 0.0227. The molecule has 7 nitrogen and oxygen atoms in total. The van der Waals surface area contributed by atoms with Crippen molar-refractivity contribution in [2.45, 2.75) is 18.9 Å². The Morgan fingerprint density at radius 1 is 1.09 bits per heavy atom. The second-order valence-electron chi connectivity index (χ2n) is 7.77. The fourth-order valence-corrected chi connectivity index (χ4v) is 3.75. The number of morpholine rings is 1. The average Bonchev–Trinajstić information content (AvgIpc) is 2.88. The highest BCUT2D eigenvalue weighted by atomic mass is 19.1. The van der Waals surface area contributed by atoms with Crippen LogP contribution in [0.3, 0.4) is 0 Å². The van der Waals surface area contributed by atoms with Gasteiger partial charge in [-0.05, 0) is 30.2 Å². The van der Waals surface area contributed by atoms with Gasteiger partial charge in [0.1, 0.15) is 17.6 Å². The predicted octanol–water partition coefficient (Wildman–Crippen LogP) is 3.18. The van der Waals surface area contributed by atoms with Gasteiger partial charge in [-0.1, -0.05) is 30.3 Å². The molecular formula is C25H25FN4O3. The minimum atomic E-state index is -0.320. The second kappa shape index (κ2) is 10.3. The molecule has 3 heterocycles. The lowest BCUT2D eigenvalue weighted by Crippen LogP contribution is -2.42. The molecule has 1 N–H and O–H groups in total. The van der Waals surface area contributed by atoms with Crippen LogP contribution in [0.2, 0.25) is 0 Å². The van der Waals surface area contributed by atoms with Crippen LogP contribution >= 0.6 is 0 Å². The highest BCUT2D eigenvalue weighted by molar-refractivity contribution is 5.92. The molecule has 1 saturated heterocycles. The third kappa shape index (κ3) is 5.40. The van der Waals surface area contributed by atoms with Crippen molar-refractivity contribution in [2.24, 2.45) is 0 Å². The molecule has 0 aliphatic carbocycles. The van der Waals surface area contributed by atoms with Crippen molar-refractivity contribution in [3.05, 3.63) is 83.7 Å². The van der Waals surface area contributed by atoms with Gasteiger partial charge in [-0.2, -0.15) is 0 Å². The normalized spacial score (nSPS) is 15.8. The summed E-state index contributed by atoms with van der Waals surface area (Å²) < 4.78 is 19.7. The number of ether oxygens (including phenoxy) is 1. The topological polar surface area (TPSA) is 84.4 Å². The molecule has 2 amide bonds. The summed E-state index contributed by atoms with van der Waals surface area (Å²) in [4.78, 5) is 34.8. The van der Waals surface area contributed by atoms with E-state index in [0.29, 0.717) is 37.4 Å². The van der Waals surface area contributed by atoms with E-state index in [9.17, 15) is 14.0 Å². The number of carbonyl (C=O) groups is 2. The van der Waals surface area contributed by atoms with E-state index in [-0.39, 0.29) is 30.2 Å². The molecule has 1 aliphatic heterocycles. The lowest BCUT2D eigenvalue weighted by atomic mass is 10.1. The molecule has 8 heteroatoms. The zero-order valence-electron chi connectivity index (χ0n) is 18.3.